The summed E-state index contributed by atoms with van der Waals surface area (Å²) in [4.78, 5) is 15.5. The van der Waals surface area contributed by atoms with Gasteiger partial charge in [0.1, 0.15) is 40.7 Å². The molecule has 1 spiro atoms. The van der Waals surface area contributed by atoms with E-state index in [-0.39, 0.29) is 42.6 Å². The highest BCUT2D eigenvalue weighted by Crippen LogP contribution is 2.56. The highest BCUT2D eigenvalue weighted by atomic mass is 32.2. The minimum atomic E-state index is -2.91. The van der Waals surface area contributed by atoms with E-state index in [1.807, 2.05) is 0 Å². The first-order valence-electron chi connectivity index (χ1n) is 15.9. The molecule has 6 rings (SSSR count). The number of carbonyl (C=O) groups is 1. The van der Waals surface area contributed by atoms with Gasteiger partial charge in [-0.1, -0.05) is 5.21 Å². The number of benzene rings is 1. The number of aliphatic hydroxyl groups excluding tert-OH is 3. The van der Waals surface area contributed by atoms with E-state index < -0.39 is 95.5 Å². The zero-order valence-electron chi connectivity index (χ0n) is 26.2. The van der Waals surface area contributed by atoms with Gasteiger partial charge in [-0.3, -0.25) is 4.79 Å². The average Bonchev–Trinajstić information content (AvgIpc) is 3.52. The van der Waals surface area contributed by atoms with Crippen LogP contribution in [0.1, 0.15) is 57.4 Å². The number of hydrogen-bond donors (Lipinski definition) is 4. The lowest BCUT2D eigenvalue weighted by molar-refractivity contribution is -0.186. The van der Waals surface area contributed by atoms with Crippen LogP contribution in [0.2, 0.25) is 0 Å². The summed E-state index contributed by atoms with van der Waals surface area (Å²) < 4.78 is 82.6. The maximum absolute atomic E-state index is 14.1. The summed E-state index contributed by atoms with van der Waals surface area (Å²) in [5.41, 5.74) is -3.03. The second kappa shape index (κ2) is 13.4. The van der Waals surface area contributed by atoms with E-state index in [4.69, 9.17) is 9.47 Å². The SMILES string of the molecule is CO[C@@H]1[C@@H](n2cc(-c3cc(F)c(F)c(F)c3)nn2)[C@@H](O)[C@@H](CO)O[C@H]1S[C@H](C(=O)N1CCC(F)(F)CC1)C1(O)CCC2(CC1)CC(O)C2. The highest BCUT2D eigenvalue weighted by molar-refractivity contribution is 8.01. The maximum atomic E-state index is 14.1. The van der Waals surface area contributed by atoms with Crippen LogP contribution >= 0.6 is 11.8 Å². The van der Waals surface area contributed by atoms with E-state index in [9.17, 15) is 47.2 Å². The fourth-order valence-electron chi connectivity index (χ4n) is 7.57. The van der Waals surface area contributed by atoms with Crippen LogP contribution in [0.3, 0.4) is 0 Å². The van der Waals surface area contributed by atoms with Gasteiger partial charge in [0.05, 0.1) is 24.5 Å². The number of thioether (sulfide) groups is 1. The lowest BCUT2D eigenvalue weighted by Crippen LogP contribution is -2.60. The summed E-state index contributed by atoms with van der Waals surface area (Å²) in [7, 11) is 1.31. The van der Waals surface area contributed by atoms with Crippen molar-refractivity contribution in [2.24, 2.45) is 5.41 Å². The molecule has 4 aliphatic rings. The van der Waals surface area contributed by atoms with Crippen molar-refractivity contribution in [3.8, 4) is 11.3 Å². The van der Waals surface area contributed by atoms with Crippen LogP contribution < -0.4 is 0 Å². The standard InChI is InChI=1S/C31H39F5N4O7S/c1-46-25-23(40-14-20(37-38-40)16-10-18(32)22(34)19(33)11-16)24(43)21(15-41)47-28(25)48-26(27(44)39-8-6-31(35,36)7-9-39)30(45)4-2-29(3-5-30)12-17(42)13-29/h10-11,14,17,21,23-26,28,41-43,45H,2-9,12-13,15H2,1H3/t17?,21-,23+,24+,25-,26-,28+,29?,30?/m1/s1. The monoisotopic (exact) mass is 706 g/mol. The fourth-order valence-corrected chi connectivity index (χ4v) is 9.23. The Morgan fingerprint density at radius 2 is 1.71 bits per heavy atom. The van der Waals surface area contributed by atoms with E-state index >= 15 is 0 Å². The molecule has 17 heteroatoms. The van der Waals surface area contributed by atoms with E-state index in [0.29, 0.717) is 25.7 Å². The van der Waals surface area contributed by atoms with Crippen molar-refractivity contribution in [2.45, 2.75) is 104 Å². The molecule has 2 saturated heterocycles. The normalized spacial score (nSPS) is 35.8. The molecule has 2 saturated carbocycles. The number of halogens is 5. The number of aromatic nitrogens is 3. The van der Waals surface area contributed by atoms with E-state index in [1.165, 1.54) is 18.2 Å². The molecule has 2 aromatic rings. The Hall–Kier alpha value is -2.41. The average molecular weight is 707 g/mol. The Labute approximate surface area is 277 Å². The van der Waals surface area contributed by atoms with Crippen molar-refractivity contribution in [3.63, 3.8) is 0 Å². The molecule has 0 bridgehead atoms. The van der Waals surface area contributed by atoms with Crippen molar-refractivity contribution in [1.82, 2.24) is 19.9 Å². The molecule has 266 valence electrons. The number of nitrogens with zero attached hydrogens (tertiary/aromatic N) is 4. The van der Waals surface area contributed by atoms with E-state index in [1.54, 1.807) is 0 Å². The predicted octanol–water partition coefficient (Wildman–Crippen LogP) is 2.80. The van der Waals surface area contributed by atoms with Crippen LogP contribution in [0, 0.1) is 22.9 Å². The molecule has 2 aliphatic heterocycles. The number of alkyl halides is 2. The Balaban J connectivity index is 1.30. The molecule has 2 aliphatic carbocycles. The van der Waals surface area contributed by atoms with Crippen molar-refractivity contribution in [1.29, 1.82) is 0 Å². The number of ether oxygens (including phenoxy) is 2. The topological polar surface area (TPSA) is 150 Å². The van der Waals surface area contributed by atoms with E-state index in [2.05, 4.69) is 10.3 Å². The minimum Gasteiger partial charge on any atom is -0.394 e. The molecular weight excluding hydrogens is 667 g/mol. The van der Waals surface area contributed by atoms with Gasteiger partial charge in [0.15, 0.2) is 17.5 Å². The summed E-state index contributed by atoms with van der Waals surface area (Å²) >= 11 is 0.910. The van der Waals surface area contributed by atoms with Crippen LogP contribution in [0.25, 0.3) is 11.3 Å². The highest BCUT2D eigenvalue weighted by Gasteiger charge is 2.56. The third kappa shape index (κ3) is 6.71. The molecule has 4 N–H and O–H groups in total. The molecule has 1 aromatic heterocycles. The Kier molecular flexibility index (Phi) is 9.87. The number of methoxy groups -OCH3 is 1. The van der Waals surface area contributed by atoms with Crippen LogP contribution in [0.4, 0.5) is 22.0 Å². The van der Waals surface area contributed by atoms with Gasteiger partial charge in [-0.15, -0.1) is 16.9 Å². The van der Waals surface area contributed by atoms with Gasteiger partial charge in [-0.05, 0) is 56.1 Å². The Morgan fingerprint density at radius 3 is 2.27 bits per heavy atom. The van der Waals surface area contributed by atoms with Gasteiger partial charge >= 0.3 is 0 Å². The first-order valence-corrected chi connectivity index (χ1v) is 16.9. The number of carbonyl (C=O) groups excluding carboxylic acids is 1. The van der Waals surface area contributed by atoms with Gasteiger partial charge in [-0.25, -0.2) is 26.6 Å². The van der Waals surface area contributed by atoms with Gasteiger partial charge in [0.25, 0.3) is 5.92 Å². The van der Waals surface area contributed by atoms with Crippen LogP contribution in [-0.4, -0.2) is 120 Å². The molecular formula is C31H39F5N4O7S. The second-order valence-corrected chi connectivity index (χ2v) is 14.8. The Bertz CT molecular complexity index is 1450. The van der Waals surface area contributed by atoms with Gasteiger partial charge in [-0.2, -0.15) is 0 Å². The lowest BCUT2D eigenvalue weighted by Gasteiger charge is -2.54. The van der Waals surface area contributed by atoms with Crippen LogP contribution in [0.15, 0.2) is 18.3 Å². The van der Waals surface area contributed by atoms with Crippen molar-refractivity contribution < 1.29 is 56.6 Å². The predicted molar refractivity (Wildman–Crippen MR) is 160 cm³/mol. The van der Waals surface area contributed by atoms with Crippen LogP contribution in [0.5, 0.6) is 0 Å². The molecule has 48 heavy (non-hydrogen) atoms. The number of hydrogen-bond acceptors (Lipinski definition) is 10. The molecule has 1 aromatic carbocycles. The molecule has 0 radical (unpaired) electrons. The largest absolute Gasteiger partial charge is 0.394 e. The van der Waals surface area contributed by atoms with Gasteiger partial charge in [0, 0.05) is 38.6 Å². The molecule has 11 nitrogen and oxygen atoms in total. The first kappa shape index (κ1) is 35.4. The van der Waals surface area contributed by atoms with Gasteiger partial charge < -0.3 is 34.8 Å². The van der Waals surface area contributed by atoms with Crippen LogP contribution in [-0.2, 0) is 14.3 Å². The molecule has 4 fully saturated rings. The third-order valence-corrected chi connectivity index (χ3v) is 12.1. The quantitative estimate of drug-likeness (QED) is 0.239. The van der Waals surface area contributed by atoms with Crippen molar-refractivity contribution >= 4 is 17.7 Å². The number of amides is 1. The summed E-state index contributed by atoms with van der Waals surface area (Å²) in [5, 5.41) is 50.2. The Morgan fingerprint density at radius 1 is 1.08 bits per heavy atom. The smallest absolute Gasteiger partial charge is 0.251 e. The molecule has 1 amide bonds. The van der Waals surface area contributed by atoms with E-state index in [0.717, 1.165) is 28.6 Å². The summed E-state index contributed by atoms with van der Waals surface area (Å²) in [6, 6.07) is 0.338. The second-order valence-electron chi connectivity index (χ2n) is 13.6. The zero-order chi connectivity index (χ0) is 34.6. The summed E-state index contributed by atoms with van der Waals surface area (Å²) in [6.07, 6.45) is -1.28. The maximum Gasteiger partial charge on any atom is 0.251 e. The third-order valence-electron chi connectivity index (χ3n) is 10.5. The zero-order valence-corrected chi connectivity index (χ0v) is 27.0. The molecule has 6 atom stereocenters. The first-order chi connectivity index (χ1) is 22.7. The van der Waals surface area contributed by atoms with Crippen molar-refractivity contribution in [2.75, 3.05) is 26.8 Å². The number of rotatable bonds is 8. The van der Waals surface area contributed by atoms with Gasteiger partial charge in [0.2, 0.25) is 5.91 Å². The summed E-state index contributed by atoms with van der Waals surface area (Å²) in [5.74, 6) is -7.99. The van der Waals surface area contributed by atoms with Crippen molar-refractivity contribution in [3.05, 3.63) is 35.8 Å². The number of piperidine rings is 1. The minimum absolute atomic E-state index is 0.0624. The number of likely N-dealkylation sites (tertiary alicyclic amines) is 1. The molecule has 3 heterocycles. The summed E-state index contributed by atoms with van der Waals surface area (Å²) in [6.45, 7) is -1.08. The fraction of sp³-hybridized carbons (Fsp3) is 0.710. The molecule has 0 unspecified atom stereocenters. The number of aliphatic hydroxyl groups is 4. The lowest BCUT2D eigenvalue weighted by atomic mass is 9.56.